The highest BCUT2D eigenvalue weighted by Crippen LogP contribution is 2.29. The van der Waals surface area contributed by atoms with Crippen LogP contribution >= 0.6 is 11.3 Å². The fraction of sp³-hybridized carbons (Fsp3) is 0.571. The van der Waals surface area contributed by atoms with E-state index in [1.165, 1.54) is 23.3 Å². The molecule has 0 fully saturated rings. The van der Waals surface area contributed by atoms with E-state index < -0.39 is 11.9 Å². The number of aryl methyl sites for hydroxylation is 2. The van der Waals surface area contributed by atoms with Gasteiger partial charge >= 0.3 is 5.97 Å². The summed E-state index contributed by atoms with van der Waals surface area (Å²) in [5.74, 6) is -1.49. The maximum absolute atomic E-state index is 12.0. The molecule has 1 aromatic rings. The van der Waals surface area contributed by atoms with Crippen LogP contribution in [0.4, 0.5) is 0 Å². The zero-order valence-electron chi connectivity index (χ0n) is 11.1. The maximum atomic E-state index is 12.0. The highest BCUT2D eigenvalue weighted by Gasteiger charge is 2.19. The Hall–Kier alpha value is -1.36. The molecule has 104 valence electrons. The third kappa shape index (κ3) is 3.35. The molecule has 1 atom stereocenters. The molecule has 4 nitrogen and oxygen atoms in total. The smallest absolute Gasteiger partial charge is 0.308 e. The average molecular weight is 281 g/mol. The minimum atomic E-state index is -0.853. The number of carbonyl (C=O) groups excluding carboxylic acids is 1. The molecule has 1 aliphatic carbocycles. The predicted octanol–water partition coefficient (Wildman–Crippen LogP) is 2.47. The summed E-state index contributed by atoms with van der Waals surface area (Å²) in [5.41, 5.74) is 1.30. The maximum Gasteiger partial charge on any atom is 0.308 e. The normalized spacial score (nSPS) is 15.6. The average Bonchev–Trinajstić information content (AvgIpc) is 2.82. The Bertz CT molecular complexity index is 458. The van der Waals surface area contributed by atoms with E-state index in [0.717, 1.165) is 12.8 Å². The number of rotatable bonds is 5. The molecule has 19 heavy (non-hydrogen) atoms. The Kier molecular flexibility index (Phi) is 4.58. The van der Waals surface area contributed by atoms with Crippen molar-refractivity contribution in [1.82, 2.24) is 5.32 Å². The first kappa shape index (κ1) is 14.1. The Morgan fingerprint density at radius 2 is 2.16 bits per heavy atom. The van der Waals surface area contributed by atoms with E-state index >= 15 is 0 Å². The number of carboxylic acid groups (broad SMARTS) is 1. The van der Waals surface area contributed by atoms with Crippen LogP contribution in [0.25, 0.3) is 0 Å². The van der Waals surface area contributed by atoms with Crippen LogP contribution in [0.3, 0.4) is 0 Å². The van der Waals surface area contributed by atoms with Crippen LogP contribution in [-0.4, -0.2) is 23.5 Å². The van der Waals surface area contributed by atoms with E-state index in [9.17, 15) is 9.59 Å². The first-order valence-corrected chi connectivity index (χ1v) is 7.56. The van der Waals surface area contributed by atoms with Gasteiger partial charge in [-0.1, -0.05) is 6.92 Å². The lowest BCUT2D eigenvalue weighted by molar-refractivity contribution is -0.141. The van der Waals surface area contributed by atoms with Crippen LogP contribution < -0.4 is 5.32 Å². The van der Waals surface area contributed by atoms with Crippen molar-refractivity contribution < 1.29 is 14.7 Å². The van der Waals surface area contributed by atoms with Crippen LogP contribution in [0, 0.1) is 5.92 Å². The van der Waals surface area contributed by atoms with E-state index in [1.807, 2.05) is 13.0 Å². The number of hydrogen-bond acceptors (Lipinski definition) is 3. The second-order valence-electron chi connectivity index (χ2n) is 4.92. The molecular formula is C14H19NO3S. The van der Waals surface area contributed by atoms with Crippen LogP contribution in [0.1, 0.15) is 46.3 Å². The van der Waals surface area contributed by atoms with Gasteiger partial charge in [0.05, 0.1) is 10.8 Å². The molecular weight excluding hydrogens is 262 g/mol. The first-order chi connectivity index (χ1) is 9.11. The first-order valence-electron chi connectivity index (χ1n) is 6.74. The molecule has 0 saturated heterocycles. The summed E-state index contributed by atoms with van der Waals surface area (Å²) in [6.07, 6.45) is 5.05. The number of amides is 1. The molecule has 0 aliphatic heterocycles. The van der Waals surface area contributed by atoms with E-state index in [2.05, 4.69) is 5.32 Å². The minimum Gasteiger partial charge on any atom is -0.481 e. The zero-order valence-corrected chi connectivity index (χ0v) is 11.9. The largest absolute Gasteiger partial charge is 0.481 e. The summed E-state index contributed by atoms with van der Waals surface area (Å²) >= 11 is 1.55. The van der Waals surface area contributed by atoms with Crippen LogP contribution in [0.5, 0.6) is 0 Å². The highest BCUT2D eigenvalue weighted by molar-refractivity contribution is 7.14. The zero-order chi connectivity index (χ0) is 13.8. The molecule has 1 amide bonds. The van der Waals surface area contributed by atoms with Gasteiger partial charge in [0, 0.05) is 11.4 Å². The fourth-order valence-corrected chi connectivity index (χ4v) is 3.48. The second kappa shape index (κ2) is 6.19. The van der Waals surface area contributed by atoms with Crippen molar-refractivity contribution in [3.63, 3.8) is 0 Å². The standard InChI is InChI=1S/C14H19NO3S/c1-2-9(14(17)18)8-15-13(16)12-7-10-5-3-4-6-11(10)19-12/h7,9H,2-6,8H2,1H3,(H,15,16)(H,17,18). The Balaban J connectivity index is 1.96. The number of fused-ring (bicyclic) bond motifs is 1. The Morgan fingerprint density at radius 3 is 2.79 bits per heavy atom. The van der Waals surface area contributed by atoms with E-state index in [4.69, 9.17) is 5.11 Å². The number of carboxylic acids is 1. The van der Waals surface area contributed by atoms with Crippen molar-refractivity contribution in [3.05, 3.63) is 21.4 Å². The number of hydrogen-bond donors (Lipinski definition) is 2. The SMILES string of the molecule is CCC(CNC(=O)c1cc2c(s1)CCCC2)C(=O)O. The summed E-state index contributed by atoms with van der Waals surface area (Å²) in [6.45, 7) is 2.02. The summed E-state index contributed by atoms with van der Waals surface area (Å²) in [5, 5.41) is 11.7. The van der Waals surface area contributed by atoms with Crippen molar-refractivity contribution in [1.29, 1.82) is 0 Å². The third-order valence-electron chi connectivity index (χ3n) is 3.57. The van der Waals surface area contributed by atoms with Gasteiger partial charge in [-0.2, -0.15) is 0 Å². The lowest BCUT2D eigenvalue weighted by Crippen LogP contribution is -2.32. The molecule has 2 rings (SSSR count). The van der Waals surface area contributed by atoms with Crippen molar-refractivity contribution in [2.24, 2.45) is 5.92 Å². The summed E-state index contributed by atoms with van der Waals surface area (Å²) < 4.78 is 0. The van der Waals surface area contributed by atoms with Crippen molar-refractivity contribution in [3.8, 4) is 0 Å². The molecule has 1 unspecified atom stereocenters. The van der Waals surface area contributed by atoms with Crippen molar-refractivity contribution in [2.45, 2.75) is 39.0 Å². The summed E-state index contributed by atoms with van der Waals surface area (Å²) in [4.78, 5) is 24.9. The molecule has 0 spiro atoms. The molecule has 1 heterocycles. The van der Waals surface area contributed by atoms with Gasteiger partial charge in [-0.3, -0.25) is 9.59 Å². The second-order valence-corrected chi connectivity index (χ2v) is 6.06. The number of thiophene rings is 1. The molecule has 0 aromatic carbocycles. The Labute approximate surface area is 116 Å². The summed E-state index contributed by atoms with van der Waals surface area (Å²) in [6, 6.07) is 1.97. The number of nitrogens with one attached hydrogen (secondary N) is 1. The third-order valence-corrected chi connectivity index (χ3v) is 4.81. The molecule has 0 saturated carbocycles. The fourth-order valence-electron chi connectivity index (χ4n) is 2.31. The lowest BCUT2D eigenvalue weighted by atomic mass is 9.99. The number of carbonyl (C=O) groups is 2. The van der Waals surface area contributed by atoms with Crippen LogP contribution in [-0.2, 0) is 17.6 Å². The monoisotopic (exact) mass is 281 g/mol. The highest BCUT2D eigenvalue weighted by atomic mass is 32.1. The van der Waals surface area contributed by atoms with Crippen LogP contribution in [0.15, 0.2) is 6.07 Å². The predicted molar refractivity (Wildman–Crippen MR) is 74.7 cm³/mol. The van der Waals surface area contributed by atoms with Crippen LogP contribution in [0.2, 0.25) is 0 Å². The van der Waals surface area contributed by atoms with Gasteiger partial charge < -0.3 is 10.4 Å². The lowest BCUT2D eigenvalue weighted by Gasteiger charge is -2.10. The van der Waals surface area contributed by atoms with Gasteiger partial charge in [-0.15, -0.1) is 11.3 Å². The topological polar surface area (TPSA) is 66.4 Å². The molecule has 1 aromatic heterocycles. The molecule has 2 N–H and O–H groups in total. The number of aliphatic carboxylic acids is 1. The molecule has 1 aliphatic rings. The van der Waals surface area contributed by atoms with Crippen molar-refractivity contribution >= 4 is 23.2 Å². The van der Waals surface area contributed by atoms with Crippen molar-refractivity contribution in [2.75, 3.05) is 6.54 Å². The minimum absolute atomic E-state index is 0.140. The van der Waals surface area contributed by atoms with Gasteiger partial charge in [0.2, 0.25) is 0 Å². The van der Waals surface area contributed by atoms with Gasteiger partial charge in [-0.25, -0.2) is 0 Å². The molecule has 5 heteroatoms. The Morgan fingerprint density at radius 1 is 1.42 bits per heavy atom. The van der Waals surface area contributed by atoms with Gasteiger partial charge in [-0.05, 0) is 43.7 Å². The van der Waals surface area contributed by atoms with Gasteiger partial charge in [0.1, 0.15) is 0 Å². The summed E-state index contributed by atoms with van der Waals surface area (Å²) in [7, 11) is 0. The van der Waals surface area contributed by atoms with E-state index in [-0.39, 0.29) is 12.5 Å². The van der Waals surface area contributed by atoms with Gasteiger partial charge in [0.25, 0.3) is 5.91 Å². The quantitative estimate of drug-likeness (QED) is 0.871. The van der Waals surface area contributed by atoms with Gasteiger partial charge in [0.15, 0.2) is 0 Å². The van der Waals surface area contributed by atoms with E-state index in [0.29, 0.717) is 11.3 Å². The van der Waals surface area contributed by atoms with E-state index in [1.54, 1.807) is 11.3 Å². The molecule has 0 radical (unpaired) electrons. The molecule has 0 bridgehead atoms.